The normalized spacial score (nSPS) is 28.4. The SMILES string of the molecule is NCC1(CC(=O)N2CCC3(CCCC3)CC2)CCC1. The van der Waals surface area contributed by atoms with Gasteiger partial charge >= 0.3 is 0 Å². The Morgan fingerprint density at radius 2 is 1.58 bits per heavy atom. The van der Waals surface area contributed by atoms with Gasteiger partial charge in [-0.05, 0) is 55.9 Å². The standard InChI is InChI=1S/C16H28N2O/c17-13-16(6-3-7-16)12-14(19)18-10-8-15(9-11-18)4-1-2-5-15/h1-13,17H2. The summed E-state index contributed by atoms with van der Waals surface area (Å²) in [7, 11) is 0. The lowest BCUT2D eigenvalue weighted by atomic mass is 9.66. The molecule has 0 aromatic heterocycles. The summed E-state index contributed by atoms with van der Waals surface area (Å²) in [5.41, 5.74) is 6.65. The highest BCUT2D eigenvalue weighted by atomic mass is 16.2. The average Bonchev–Trinajstić information content (AvgIpc) is 2.83. The van der Waals surface area contributed by atoms with Crippen molar-refractivity contribution in [1.29, 1.82) is 0 Å². The van der Waals surface area contributed by atoms with Gasteiger partial charge in [-0.1, -0.05) is 19.3 Å². The van der Waals surface area contributed by atoms with E-state index in [0.717, 1.165) is 25.9 Å². The zero-order valence-electron chi connectivity index (χ0n) is 12.1. The van der Waals surface area contributed by atoms with E-state index in [-0.39, 0.29) is 5.41 Å². The number of hydrogen-bond acceptors (Lipinski definition) is 2. The number of piperidine rings is 1. The second kappa shape index (κ2) is 5.08. The summed E-state index contributed by atoms with van der Waals surface area (Å²) in [6.07, 6.45) is 12.4. The Morgan fingerprint density at radius 3 is 2.05 bits per heavy atom. The van der Waals surface area contributed by atoms with Crippen LogP contribution in [0.2, 0.25) is 0 Å². The molecule has 1 heterocycles. The van der Waals surface area contributed by atoms with E-state index in [0.29, 0.717) is 24.3 Å². The molecule has 1 spiro atoms. The molecule has 0 atom stereocenters. The summed E-state index contributed by atoms with van der Waals surface area (Å²) < 4.78 is 0. The minimum Gasteiger partial charge on any atom is -0.343 e. The molecule has 1 amide bonds. The van der Waals surface area contributed by atoms with Gasteiger partial charge in [0.1, 0.15) is 0 Å². The Morgan fingerprint density at radius 1 is 0.947 bits per heavy atom. The fourth-order valence-electron chi connectivity index (χ4n) is 4.42. The molecule has 3 nitrogen and oxygen atoms in total. The van der Waals surface area contributed by atoms with Crippen LogP contribution in [-0.4, -0.2) is 30.4 Å². The lowest BCUT2D eigenvalue weighted by molar-refractivity contribution is -0.137. The minimum absolute atomic E-state index is 0.166. The van der Waals surface area contributed by atoms with Gasteiger partial charge < -0.3 is 10.6 Å². The number of amides is 1. The van der Waals surface area contributed by atoms with E-state index in [2.05, 4.69) is 4.90 Å². The van der Waals surface area contributed by atoms with Gasteiger partial charge in [0.15, 0.2) is 0 Å². The number of hydrogen-bond donors (Lipinski definition) is 1. The molecular formula is C16H28N2O. The molecule has 0 aromatic carbocycles. The number of likely N-dealkylation sites (tertiary alicyclic amines) is 1. The van der Waals surface area contributed by atoms with E-state index in [1.54, 1.807) is 0 Å². The van der Waals surface area contributed by atoms with Crippen LogP contribution < -0.4 is 5.73 Å². The van der Waals surface area contributed by atoms with Gasteiger partial charge in [-0.25, -0.2) is 0 Å². The maximum Gasteiger partial charge on any atom is 0.223 e. The fourth-order valence-corrected chi connectivity index (χ4v) is 4.42. The average molecular weight is 264 g/mol. The predicted octanol–water partition coefficient (Wildman–Crippen LogP) is 2.69. The Balaban J connectivity index is 1.52. The molecular weight excluding hydrogens is 236 g/mol. The van der Waals surface area contributed by atoms with Crippen LogP contribution in [0.15, 0.2) is 0 Å². The monoisotopic (exact) mass is 264 g/mol. The maximum atomic E-state index is 12.4. The molecule has 2 N–H and O–H groups in total. The van der Waals surface area contributed by atoms with E-state index >= 15 is 0 Å². The van der Waals surface area contributed by atoms with Crippen LogP contribution in [0.25, 0.3) is 0 Å². The summed E-state index contributed by atoms with van der Waals surface area (Å²) in [6, 6.07) is 0. The summed E-state index contributed by atoms with van der Waals surface area (Å²) in [5, 5.41) is 0. The van der Waals surface area contributed by atoms with Crippen LogP contribution in [0, 0.1) is 10.8 Å². The molecule has 0 bridgehead atoms. The van der Waals surface area contributed by atoms with Crippen molar-refractivity contribution >= 4 is 5.91 Å². The van der Waals surface area contributed by atoms with Crippen molar-refractivity contribution in [2.24, 2.45) is 16.6 Å². The summed E-state index contributed by atoms with van der Waals surface area (Å²) in [6.45, 7) is 2.69. The summed E-state index contributed by atoms with van der Waals surface area (Å²) in [4.78, 5) is 14.6. The highest BCUT2D eigenvalue weighted by Gasteiger charge is 2.41. The van der Waals surface area contributed by atoms with Gasteiger partial charge in [0.05, 0.1) is 0 Å². The highest BCUT2D eigenvalue weighted by Crippen LogP contribution is 2.47. The molecule has 2 saturated carbocycles. The van der Waals surface area contributed by atoms with Crippen molar-refractivity contribution in [2.45, 2.75) is 64.2 Å². The van der Waals surface area contributed by atoms with Crippen molar-refractivity contribution in [1.82, 2.24) is 4.90 Å². The Hall–Kier alpha value is -0.570. The van der Waals surface area contributed by atoms with E-state index in [1.807, 2.05) is 0 Å². The first-order valence-corrected chi connectivity index (χ1v) is 8.15. The lowest BCUT2D eigenvalue weighted by Crippen LogP contribution is -2.47. The van der Waals surface area contributed by atoms with Crippen LogP contribution in [0.3, 0.4) is 0 Å². The molecule has 3 aliphatic rings. The molecule has 0 aromatic rings. The van der Waals surface area contributed by atoms with E-state index < -0.39 is 0 Å². The van der Waals surface area contributed by atoms with E-state index in [9.17, 15) is 4.79 Å². The third-order valence-corrected chi connectivity index (χ3v) is 6.21. The first kappa shape index (κ1) is 13.4. The number of nitrogens with zero attached hydrogens (tertiary/aromatic N) is 1. The third-order valence-electron chi connectivity index (χ3n) is 6.21. The number of carbonyl (C=O) groups excluding carboxylic acids is 1. The summed E-state index contributed by atoms with van der Waals surface area (Å²) in [5.74, 6) is 0.373. The first-order valence-electron chi connectivity index (χ1n) is 8.15. The fraction of sp³-hybridized carbons (Fsp3) is 0.938. The van der Waals surface area contributed by atoms with Gasteiger partial charge in [-0.2, -0.15) is 0 Å². The number of nitrogens with two attached hydrogens (primary N) is 1. The van der Waals surface area contributed by atoms with Crippen molar-refractivity contribution in [3.05, 3.63) is 0 Å². The summed E-state index contributed by atoms with van der Waals surface area (Å²) >= 11 is 0. The van der Waals surface area contributed by atoms with Gasteiger partial charge in [0.2, 0.25) is 5.91 Å². The molecule has 19 heavy (non-hydrogen) atoms. The third kappa shape index (κ3) is 2.54. The van der Waals surface area contributed by atoms with Gasteiger partial charge in [-0.15, -0.1) is 0 Å². The molecule has 3 heteroatoms. The van der Waals surface area contributed by atoms with Crippen molar-refractivity contribution in [3.8, 4) is 0 Å². The highest BCUT2D eigenvalue weighted by molar-refractivity contribution is 5.77. The molecule has 2 aliphatic carbocycles. The molecule has 3 fully saturated rings. The second-order valence-electron chi connectivity index (χ2n) is 7.32. The van der Waals surface area contributed by atoms with E-state index in [4.69, 9.17) is 5.73 Å². The largest absolute Gasteiger partial charge is 0.343 e. The topological polar surface area (TPSA) is 46.3 Å². The van der Waals surface area contributed by atoms with Crippen LogP contribution >= 0.6 is 0 Å². The van der Waals surface area contributed by atoms with E-state index in [1.165, 1.54) is 44.9 Å². The molecule has 1 saturated heterocycles. The molecule has 1 aliphatic heterocycles. The Kier molecular flexibility index (Phi) is 3.59. The molecule has 3 rings (SSSR count). The smallest absolute Gasteiger partial charge is 0.223 e. The first-order chi connectivity index (χ1) is 9.17. The van der Waals surface area contributed by atoms with Gasteiger partial charge in [-0.3, -0.25) is 4.79 Å². The van der Waals surface area contributed by atoms with Crippen LogP contribution in [0.5, 0.6) is 0 Å². The predicted molar refractivity (Wildman–Crippen MR) is 76.7 cm³/mol. The van der Waals surface area contributed by atoms with Crippen LogP contribution in [-0.2, 0) is 4.79 Å². The number of carbonyl (C=O) groups is 1. The maximum absolute atomic E-state index is 12.4. The zero-order chi connectivity index (χ0) is 13.3. The molecule has 108 valence electrons. The Labute approximate surface area is 116 Å². The zero-order valence-corrected chi connectivity index (χ0v) is 12.1. The molecule has 0 radical (unpaired) electrons. The van der Waals surface area contributed by atoms with Crippen molar-refractivity contribution in [2.75, 3.05) is 19.6 Å². The van der Waals surface area contributed by atoms with Crippen LogP contribution in [0.4, 0.5) is 0 Å². The van der Waals surface area contributed by atoms with Gasteiger partial charge in [0, 0.05) is 19.5 Å². The second-order valence-corrected chi connectivity index (χ2v) is 7.32. The van der Waals surface area contributed by atoms with Crippen LogP contribution in [0.1, 0.15) is 64.2 Å². The Bertz CT molecular complexity index is 327. The quantitative estimate of drug-likeness (QED) is 0.852. The van der Waals surface area contributed by atoms with Crippen molar-refractivity contribution in [3.63, 3.8) is 0 Å². The van der Waals surface area contributed by atoms with Crippen molar-refractivity contribution < 1.29 is 4.79 Å². The molecule has 0 unspecified atom stereocenters. The van der Waals surface area contributed by atoms with Gasteiger partial charge in [0.25, 0.3) is 0 Å². The lowest BCUT2D eigenvalue weighted by Gasteiger charge is -2.44. The number of rotatable bonds is 3. The minimum atomic E-state index is 0.166.